The van der Waals surface area contributed by atoms with Crippen LogP contribution in [0.15, 0.2) is 91.0 Å². The van der Waals surface area contributed by atoms with Crippen LogP contribution in [-0.4, -0.2) is 95.2 Å². The number of aliphatic carboxylic acids is 4. The Balaban J connectivity index is 1.53. The van der Waals surface area contributed by atoms with Crippen LogP contribution in [-0.2, 0) is 32.3 Å². The molecule has 3 heterocycles. The molecule has 0 radical (unpaired) electrons. The molecule has 0 saturated heterocycles. The average Bonchev–Trinajstić information content (AvgIpc) is 3.09. The van der Waals surface area contributed by atoms with Crippen LogP contribution in [0.1, 0.15) is 11.4 Å². The first kappa shape index (κ1) is 37.3. The Morgan fingerprint density at radius 1 is 0.509 bits per heavy atom. The number of nitrogens with zero attached hydrogens (tertiary/aromatic N) is 5. The van der Waals surface area contributed by atoms with Crippen molar-refractivity contribution in [2.24, 2.45) is 0 Å². The van der Waals surface area contributed by atoms with E-state index in [1.165, 1.54) is 9.80 Å². The van der Waals surface area contributed by atoms with Crippen molar-refractivity contribution in [1.29, 1.82) is 0 Å². The zero-order valence-corrected chi connectivity index (χ0v) is 28.1. The zero-order chi connectivity index (χ0) is 38.1. The molecular weight excluding hydrogens is 686 g/mol. The fraction of sp³-hybridized carbons (Fsp3) is 0.162. The number of carboxylic acids is 4. The van der Waals surface area contributed by atoms with E-state index in [-0.39, 0.29) is 13.1 Å². The summed E-state index contributed by atoms with van der Waals surface area (Å²) in [6, 6.07) is 26.0. The van der Waals surface area contributed by atoms with E-state index in [0.29, 0.717) is 62.6 Å². The summed E-state index contributed by atoms with van der Waals surface area (Å²) in [5.41, 5.74) is 16.6. The quantitative estimate of drug-likeness (QED) is 0.0747. The Bertz CT molecular complexity index is 2010. The van der Waals surface area contributed by atoms with Gasteiger partial charge in [-0.25, -0.2) is 15.0 Å². The van der Waals surface area contributed by atoms with Gasteiger partial charge in [0.15, 0.2) is 0 Å². The molecular formula is C37H35N7O9. The van der Waals surface area contributed by atoms with Crippen LogP contribution >= 0.6 is 0 Å². The van der Waals surface area contributed by atoms with E-state index in [0.717, 1.165) is 5.56 Å². The zero-order valence-electron chi connectivity index (χ0n) is 28.1. The van der Waals surface area contributed by atoms with Gasteiger partial charge in [0, 0.05) is 19.2 Å². The molecule has 0 fully saturated rings. The van der Waals surface area contributed by atoms with Gasteiger partial charge in [-0.15, -0.1) is 0 Å². The minimum Gasteiger partial charge on any atom is -0.480 e. The summed E-state index contributed by atoms with van der Waals surface area (Å²) in [4.78, 5) is 62.2. The summed E-state index contributed by atoms with van der Waals surface area (Å²) in [5.74, 6) is -3.68. The van der Waals surface area contributed by atoms with Crippen LogP contribution in [0, 0.1) is 0 Å². The van der Waals surface area contributed by atoms with Crippen molar-refractivity contribution >= 4 is 35.3 Å². The number of rotatable bonds is 17. The number of hydrogen-bond acceptors (Lipinski definition) is 12. The summed E-state index contributed by atoms with van der Waals surface area (Å²) >= 11 is 0. The summed E-state index contributed by atoms with van der Waals surface area (Å²) in [6.07, 6.45) is 0. The third-order valence-corrected chi connectivity index (χ3v) is 7.65. The highest BCUT2D eigenvalue weighted by Crippen LogP contribution is 2.32. The van der Waals surface area contributed by atoms with Crippen molar-refractivity contribution in [3.05, 3.63) is 102 Å². The Morgan fingerprint density at radius 2 is 0.962 bits per heavy atom. The van der Waals surface area contributed by atoms with E-state index in [9.17, 15) is 39.6 Å². The fourth-order valence-electron chi connectivity index (χ4n) is 5.41. The molecule has 53 heavy (non-hydrogen) atoms. The number of carbonyl (C=O) groups is 4. The van der Waals surface area contributed by atoms with E-state index in [1.807, 2.05) is 24.3 Å². The first-order valence-electron chi connectivity index (χ1n) is 16.0. The molecule has 0 aliphatic rings. The third-order valence-electron chi connectivity index (χ3n) is 7.65. The number of nitrogens with two attached hydrogens (primary N) is 2. The molecule has 0 bridgehead atoms. The van der Waals surface area contributed by atoms with Crippen LogP contribution in [0.3, 0.4) is 0 Å². The van der Waals surface area contributed by atoms with Gasteiger partial charge in [0.1, 0.15) is 11.5 Å². The first-order chi connectivity index (χ1) is 25.3. The van der Waals surface area contributed by atoms with Gasteiger partial charge in [-0.3, -0.25) is 29.0 Å². The maximum absolute atomic E-state index is 11.4. The number of anilines is 2. The number of benzene rings is 2. The molecule has 0 unspecified atom stereocenters. The molecule has 5 rings (SSSR count). The van der Waals surface area contributed by atoms with Crippen LogP contribution in [0.2, 0.25) is 0 Å². The molecule has 3 aromatic heterocycles. The molecule has 8 N–H and O–H groups in total. The van der Waals surface area contributed by atoms with Crippen molar-refractivity contribution in [3.63, 3.8) is 0 Å². The lowest BCUT2D eigenvalue weighted by molar-refractivity contribution is -0.144. The molecule has 0 aliphatic carbocycles. The largest absolute Gasteiger partial charge is 0.480 e. The molecule has 272 valence electrons. The van der Waals surface area contributed by atoms with Gasteiger partial charge in [0.25, 0.3) is 0 Å². The summed E-state index contributed by atoms with van der Waals surface area (Å²) < 4.78 is 5.95. The van der Waals surface area contributed by atoms with Crippen molar-refractivity contribution in [1.82, 2.24) is 24.8 Å². The van der Waals surface area contributed by atoms with Gasteiger partial charge >= 0.3 is 23.9 Å². The lowest BCUT2D eigenvalue weighted by Crippen LogP contribution is -2.34. The molecule has 0 amide bonds. The van der Waals surface area contributed by atoms with Gasteiger partial charge in [-0.2, -0.15) is 0 Å². The van der Waals surface area contributed by atoms with Crippen LogP contribution in [0.4, 0.5) is 11.4 Å². The standard InChI is InChI=1S/C37H35N7O9/c38-28-12-11-27(15-29(28)39)53-26-9-7-22(8-10-26)23-13-32(30-5-1-3-24(40-30)16-43(18-34(45)46)19-35(47)48)42-33(14-23)31-6-2-4-25(41-31)17-44(20-36(49)50)21-37(51)52/h1-15H,16-21,38-39H2,(H,45,46)(H,47,48)(H,49,50)(H,51,52). The monoisotopic (exact) mass is 721 g/mol. The normalized spacial score (nSPS) is 11.1. The molecule has 0 spiro atoms. The smallest absolute Gasteiger partial charge is 0.317 e. The Hall–Kier alpha value is -6.91. The van der Waals surface area contributed by atoms with Gasteiger partial charge in [-0.1, -0.05) is 24.3 Å². The van der Waals surface area contributed by atoms with Gasteiger partial charge < -0.3 is 36.6 Å². The van der Waals surface area contributed by atoms with E-state index >= 15 is 0 Å². The highest BCUT2D eigenvalue weighted by molar-refractivity contribution is 5.76. The van der Waals surface area contributed by atoms with E-state index in [2.05, 4.69) is 9.97 Å². The molecule has 16 heteroatoms. The minimum atomic E-state index is -1.18. The first-order valence-corrected chi connectivity index (χ1v) is 16.0. The number of nitrogen functional groups attached to an aromatic ring is 2. The van der Waals surface area contributed by atoms with E-state index in [4.69, 9.17) is 21.2 Å². The molecule has 5 aromatic rings. The number of hydrogen-bond donors (Lipinski definition) is 6. The second-order valence-corrected chi connectivity index (χ2v) is 11.9. The highest BCUT2D eigenvalue weighted by Gasteiger charge is 2.18. The molecule has 0 saturated carbocycles. The molecule has 16 nitrogen and oxygen atoms in total. The number of aromatic nitrogens is 3. The van der Waals surface area contributed by atoms with Crippen molar-refractivity contribution in [2.75, 3.05) is 37.6 Å². The SMILES string of the molecule is Nc1ccc(Oc2ccc(-c3cc(-c4cccc(CN(CC(=O)O)CC(=O)O)n4)nc(-c4cccc(CN(CC(=O)O)CC(=O)O)n4)c3)cc2)cc1N. The number of pyridine rings is 3. The highest BCUT2D eigenvalue weighted by atomic mass is 16.5. The maximum atomic E-state index is 11.4. The van der Waals surface area contributed by atoms with Gasteiger partial charge in [-0.05, 0) is 71.8 Å². The van der Waals surface area contributed by atoms with Gasteiger partial charge in [0.2, 0.25) is 0 Å². The van der Waals surface area contributed by atoms with Crippen molar-refractivity contribution in [3.8, 4) is 45.4 Å². The van der Waals surface area contributed by atoms with Crippen LogP contribution < -0.4 is 16.2 Å². The number of carboxylic acid groups (broad SMARTS) is 4. The molecule has 0 atom stereocenters. The molecule has 2 aromatic carbocycles. The van der Waals surface area contributed by atoms with Crippen molar-refractivity contribution < 1.29 is 44.3 Å². The minimum absolute atomic E-state index is 0.0487. The van der Waals surface area contributed by atoms with Crippen LogP contribution in [0.5, 0.6) is 11.5 Å². The second-order valence-electron chi connectivity index (χ2n) is 11.9. The summed E-state index contributed by atoms with van der Waals surface area (Å²) in [7, 11) is 0. The van der Waals surface area contributed by atoms with Gasteiger partial charge in [0.05, 0.1) is 71.7 Å². The maximum Gasteiger partial charge on any atom is 0.317 e. The van der Waals surface area contributed by atoms with E-state index in [1.54, 1.807) is 66.7 Å². The van der Waals surface area contributed by atoms with Crippen LogP contribution in [0.25, 0.3) is 33.9 Å². The Kier molecular flexibility index (Phi) is 11.9. The third kappa shape index (κ3) is 10.8. The predicted octanol–water partition coefficient (Wildman–Crippen LogP) is 3.77. The Labute approximate surface area is 302 Å². The summed E-state index contributed by atoms with van der Waals surface area (Å²) in [5, 5.41) is 37.2. The van der Waals surface area contributed by atoms with E-state index < -0.39 is 50.1 Å². The fourth-order valence-corrected chi connectivity index (χ4v) is 5.41. The second kappa shape index (κ2) is 16.9. The molecule has 0 aliphatic heterocycles. The topological polar surface area (TPSA) is 256 Å². The summed E-state index contributed by atoms with van der Waals surface area (Å²) in [6.45, 7) is -2.10. The van der Waals surface area contributed by atoms with Crippen molar-refractivity contribution in [2.45, 2.75) is 13.1 Å². The lowest BCUT2D eigenvalue weighted by atomic mass is 10.0. The predicted molar refractivity (Wildman–Crippen MR) is 193 cm³/mol. The Morgan fingerprint density at radius 3 is 1.40 bits per heavy atom. The average molecular weight is 722 g/mol. The lowest BCUT2D eigenvalue weighted by Gasteiger charge is -2.18. The number of ether oxygens (including phenoxy) is 1.